The summed E-state index contributed by atoms with van der Waals surface area (Å²) in [6, 6.07) is 12.1. The van der Waals surface area contributed by atoms with E-state index in [1.807, 2.05) is 6.07 Å². The minimum atomic E-state index is 0. The van der Waals surface area contributed by atoms with Crippen molar-refractivity contribution < 1.29 is 4.74 Å². The first-order valence-corrected chi connectivity index (χ1v) is 8.20. The van der Waals surface area contributed by atoms with Gasteiger partial charge in [0.25, 0.3) is 0 Å². The quantitative estimate of drug-likeness (QED) is 0.279. The van der Waals surface area contributed by atoms with Crippen molar-refractivity contribution in [2.45, 2.75) is 19.6 Å². The van der Waals surface area contributed by atoms with Crippen LogP contribution in [0.2, 0.25) is 5.15 Å². The van der Waals surface area contributed by atoms with E-state index in [1.165, 1.54) is 11.1 Å². The summed E-state index contributed by atoms with van der Waals surface area (Å²) in [6.07, 6.45) is 2.65. The molecule has 0 atom stereocenters. The van der Waals surface area contributed by atoms with Crippen LogP contribution in [0.25, 0.3) is 0 Å². The highest BCUT2D eigenvalue weighted by atomic mass is 127. The Labute approximate surface area is 171 Å². The Morgan fingerprint density at radius 1 is 1.08 bits per heavy atom. The van der Waals surface area contributed by atoms with Gasteiger partial charge in [0.2, 0.25) is 0 Å². The number of halogens is 2. The van der Waals surface area contributed by atoms with Gasteiger partial charge in [-0.3, -0.25) is 4.99 Å². The smallest absolute Gasteiger partial charge is 0.191 e. The summed E-state index contributed by atoms with van der Waals surface area (Å²) in [6.45, 7) is 2.13. The lowest BCUT2D eigenvalue weighted by Crippen LogP contribution is -2.37. The zero-order valence-electron chi connectivity index (χ0n) is 14.5. The Hall–Kier alpha value is -1.38. The summed E-state index contributed by atoms with van der Waals surface area (Å²) in [4.78, 5) is 8.31. The number of rotatable bonds is 7. The summed E-state index contributed by atoms with van der Waals surface area (Å²) in [5.74, 6) is 0.776. The summed E-state index contributed by atoms with van der Waals surface area (Å²) in [5.41, 5.74) is 3.50. The molecular formula is C18H24ClIN4O. The van der Waals surface area contributed by atoms with Crippen molar-refractivity contribution in [2.24, 2.45) is 4.99 Å². The molecule has 0 bridgehead atoms. The number of benzene rings is 1. The number of hydrogen-bond acceptors (Lipinski definition) is 3. The molecule has 0 aliphatic carbocycles. The largest absolute Gasteiger partial charge is 0.380 e. The van der Waals surface area contributed by atoms with E-state index < -0.39 is 0 Å². The zero-order chi connectivity index (χ0) is 17.2. The van der Waals surface area contributed by atoms with E-state index in [0.717, 1.165) is 31.0 Å². The molecule has 0 radical (unpaired) electrons. The highest BCUT2D eigenvalue weighted by molar-refractivity contribution is 14.0. The molecule has 2 N–H and O–H groups in total. The minimum absolute atomic E-state index is 0. The van der Waals surface area contributed by atoms with Gasteiger partial charge in [-0.1, -0.05) is 41.9 Å². The second-order valence-electron chi connectivity index (χ2n) is 5.34. The number of ether oxygens (including phenoxy) is 1. The maximum absolute atomic E-state index is 5.78. The standard InChI is InChI=1S/C18H23ClN4O.HI/c1-20-18(21-10-9-15-7-8-17(19)22-11-15)23-12-14-3-5-16(6-4-14)13-24-2;/h3-8,11H,9-10,12-13H2,1-2H3,(H2,20,21,23);1H. The first-order chi connectivity index (χ1) is 11.7. The van der Waals surface area contributed by atoms with Gasteiger partial charge in [0.1, 0.15) is 5.15 Å². The molecule has 0 amide bonds. The molecule has 0 aliphatic heterocycles. The van der Waals surface area contributed by atoms with E-state index in [0.29, 0.717) is 11.8 Å². The fraction of sp³-hybridized carbons (Fsp3) is 0.333. The van der Waals surface area contributed by atoms with E-state index >= 15 is 0 Å². The number of aliphatic imine (C=N–C) groups is 1. The Bertz CT molecular complexity index is 647. The van der Waals surface area contributed by atoms with E-state index in [4.69, 9.17) is 16.3 Å². The Balaban J connectivity index is 0.00000312. The molecular weight excluding hydrogens is 451 g/mol. The van der Waals surface area contributed by atoms with Crippen molar-refractivity contribution in [1.82, 2.24) is 15.6 Å². The van der Waals surface area contributed by atoms with Gasteiger partial charge in [0, 0.05) is 33.4 Å². The molecule has 25 heavy (non-hydrogen) atoms. The number of pyridine rings is 1. The van der Waals surface area contributed by atoms with E-state index in [-0.39, 0.29) is 24.0 Å². The predicted octanol–water partition coefficient (Wildman–Crippen LogP) is 3.41. The van der Waals surface area contributed by atoms with Gasteiger partial charge in [-0.2, -0.15) is 0 Å². The molecule has 1 aromatic carbocycles. The van der Waals surface area contributed by atoms with Crippen LogP contribution in [-0.4, -0.2) is 31.6 Å². The van der Waals surface area contributed by atoms with Crippen molar-refractivity contribution in [1.29, 1.82) is 0 Å². The number of nitrogens with one attached hydrogen (secondary N) is 2. The van der Waals surface area contributed by atoms with Gasteiger partial charge >= 0.3 is 0 Å². The molecule has 0 saturated carbocycles. The number of guanidine groups is 1. The second-order valence-corrected chi connectivity index (χ2v) is 5.73. The van der Waals surface area contributed by atoms with Crippen LogP contribution in [0.4, 0.5) is 0 Å². The van der Waals surface area contributed by atoms with E-state index in [2.05, 4.69) is 44.9 Å². The Morgan fingerprint density at radius 2 is 1.76 bits per heavy atom. The monoisotopic (exact) mass is 474 g/mol. The zero-order valence-corrected chi connectivity index (χ0v) is 17.5. The van der Waals surface area contributed by atoms with Gasteiger partial charge in [0.15, 0.2) is 5.96 Å². The number of methoxy groups -OCH3 is 1. The molecule has 0 fully saturated rings. The maximum Gasteiger partial charge on any atom is 0.191 e. The van der Waals surface area contributed by atoms with Crippen molar-refractivity contribution in [3.05, 3.63) is 64.4 Å². The van der Waals surface area contributed by atoms with Crippen LogP contribution in [0.15, 0.2) is 47.6 Å². The van der Waals surface area contributed by atoms with Crippen molar-refractivity contribution in [3.63, 3.8) is 0 Å². The predicted molar refractivity (Wildman–Crippen MR) is 114 cm³/mol. The van der Waals surface area contributed by atoms with Crippen LogP contribution in [0.1, 0.15) is 16.7 Å². The highest BCUT2D eigenvalue weighted by Gasteiger charge is 2.00. The van der Waals surface area contributed by atoms with Crippen LogP contribution in [0.3, 0.4) is 0 Å². The minimum Gasteiger partial charge on any atom is -0.380 e. The average molecular weight is 475 g/mol. The Morgan fingerprint density at radius 3 is 2.36 bits per heavy atom. The topological polar surface area (TPSA) is 58.5 Å². The third-order valence-corrected chi connectivity index (χ3v) is 3.74. The molecule has 2 rings (SSSR count). The first kappa shape index (κ1) is 21.7. The maximum atomic E-state index is 5.78. The van der Waals surface area contributed by atoms with E-state index in [1.54, 1.807) is 26.4 Å². The van der Waals surface area contributed by atoms with Crippen LogP contribution in [0, 0.1) is 0 Å². The SMILES string of the molecule is CN=C(NCCc1ccc(Cl)nc1)NCc1ccc(COC)cc1.I. The van der Waals surface area contributed by atoms with Crippen LogP contribution in [0.5, 0.6) is 0 Å². The third kappa shape index (κ3) is 8.02. The fourth-order valence-electron chi connectivity index (χ4n) is 2.21. The van der Waals surface area contributed by atoms with Crippen molar-refractivity contribution in [3.8, 4) is 0 Å². The summed E-state index contributed by atoms with van der Waals surface area (Å²) < 4.78 is 5.11. The summed E-state index contributed by atoms with van der Waals surface area (Å²) >= 11 is 5.78. The molecule has 136 valence electrons. The first-order valence-electron chi connectivity index (χ1n) is 7.83. The van der Waals surface area contributed by atoms with Crippen LogP contribution in [-0.2, 0) is 24.3 Å². The van der Waals surface area contributed by atoms with E-state index in [9.17, 15) is 0 Å². The molecule has 7 heteroatoms. The molecule has 0 unspecified atom stereocenters. The molecule has 0 saturated heterocycles. The lowest BCUT2D eigenvalue weighted by Gasteiger charge is -2.12. The summed E-state index contributed by atoms with van der Waals surface area (Å²) in [7, 11) is 3.46. The Kier molecular flexibility index (Phi) is 10.4. The van der Waals surface area contributed by atoms with Gasteiger partial charge < -0.3 is 15.4 Å². The molecule has 1 heterocycles. The lowest BCUT2D eigenvalue weighted by molar-refractivity contribution is 0.185. The molecule has 0 aliphatic rings. The normalized spacial score (nSPS) is 10.9. The third-order valence-electron chi connectivity index (χ3n) is 3.51. The molecule has 0 spiro atoms. The lowest BCUT2D eigenvalue weighted by atomic mass is 10.1. The fourth-order valence-corrected chi connectivity index (χ4v) is 2.32. The average Bonchev–Trinajstić information content (AvgIpc) is 2.61. The number of hydrogen-bond donors (Lipinski definition) is 2. The van der Waals surface area contributed by atoms with Gasteiger partial charge in [-0.05, 0) is 29.2 Å². The van der Waals surface area contributed by atoms with Gasteiger partial charge in [-0.15, -0.1) is 24.0 Å². The second kappa shape index (κ2) is 12.1. The molecule has 1 aromatic heterocycles. The number of nitrogens with zero attached hydrogens (tertiary/aromatic N) is 2. The van der Waals surface area contributed by atoms with Crippen LogP contribution >= 0.6 is 35.6 Å². The number of aromatic nitrogens is 1. The van der Waals surface area contributed by atoms with Crippen LogP contribution < -0.4 is 10.6 Å². The van der Waals surface area contributed by atoms with Gasteiger partial charge in [-0.25, -0.2) is 4.98 Å². The van der Waals surface area contributed by atoms with Crippen molar-refractivity contribution >= 4 is 41.5 Å². The summed E-state index contributed by atoms with van der Waals surface area (Å²) in [5, 5.41) is 7.11. The molecule has 5 nitrogen and oxygen atoms in total. The molecule has 2 aromatic rings. The van der Waals surface area contributed by atoms with Crippen molar-refractivity contribution in [2.75, 3.05) is 20.7 Å². The van der Waals surface area contributed by atoms with Gasteiger partial charge in [0.05, 0.1) is 6.61 Å². The highest BCUT2D eigenvalue weighted by Crippen LogP contribution is 2.06.